The van der Waals surface area contributed by atoms with Crippen molar-refractivity contribution in [1.82, 2.24) is 5.32 Å². The third-order valence-corrected chi connectivity index (χ3v) is 3.35. The van der Waals surface area contributed by atoms with E-state index in [1.54, 1.807) is 25.3 Å². The molecular weight excluding hydrogens is 296 g/mol. The summed E-state index contributed by atoms with van der Waals surface area (Å²) >= 11 is 0. The van der Waals surface area contributed by atoms with E-state index in [0.29, 0.717) is 17.2 Å². The maximum absolute atomic E-state index is 11.9. The van der Waals surface area contributed by atoms with Crippen LogP contribution >= 0.6 is 0 Å². The molecule has 0 aliphatic carbocycles. The van der Waals surface area contributed by atoms with E-state index < -0.39 is 11.7 Å². The van der Waals surface area contributed by atoms with Crippen molar-refractivity contribution in [3.05, 3.63) is 18.2 Å². The highest BCUT2D eigenvalue weighted by molar-refractivity contribution is 5.85. The van der Waals surface area contributed by atoms with Crippen molar-refractivity contribution in [2.45, 2.75) is 45.3 Å². The molecule has 1 aliphatic heterocycles. The van der Waals surface area contributed by atoms with E-state index in [4.69, 9.17) is 14.2 Å². The van der Waals surface area contributed by atoms with E-state index in [1.165, 1.54) is 0 Å². The van der Waals surface area contributed by atoms with Crippen molar-refractivity contribution in [2.75, 3.05) is 25.5 Å². The molecule has 1 amide bonds. The molecule has 6 heteroatoms. The van der Waals surface area contributed by atoms with Gasteiger partial charge in [-0.05, 0) is 52.3 Å². The van der Waals surface area contributed by atoms with Crippen molar-refractivity contribution in [2.24, 2.45) is 0 Å². The molecule has 1 saturated heterocycles. The number of hydrogen-bond acceptors (Lipinski definition) is 5. The monoisotopic (exact) mass is 322 g/mol. The van der Waals surface area contributed by atoms with E-state index >= 15 is 0 Å². The number of amides is 1. The summed E-state index contributed by atoms with van der Waals surface area (Å²) < 4.78 is 16.6. The van der Waals surface area contributed by atoms with Crippen LogP contribution in [0.4, 0.5) is 10.5 Å². The highest BCUT2D eigenvalue weighted by Crippen LogP contribution is 2.32. The normalized spacial score (nSPS) is 18.2. The maximum Gasteiger partial charge on any atom is 0.412 e. The molecule has 6 nitrogen and oxygen atoms in total. The summed E-state index contributed by atoms with van der Waals surface area (Å²) in [6.45, 7) is 7.31. The molecule has 128 valence electrons. The molecule has 1 heterocycles. The summed E-state index contributed by atoms with van der Waals surface area (Å²) in [5.74, 6) is 1.26. The van der Waals surface area contributed by atoms with Crippen molar-refractivity contribution >= 4 is 11.8 Å². The predicted molar refractivity (Wildman–Crippen MR) is 89.4 cm³/mol. The first-order valence-electron chi connectivity index (χ1n) is 7.93. The van der Waals surface area contributed by atoms with Gasteiger partial charge in [0.05, 0.1) is 7.11 Å². The van der Waals surface area contributed by atoms with Gasteiger partial charge in [0, 0.05) is 18.3 Å². The fourth-order valence-corrected chi connectivity index (χ4v) is 2.37. The molecule has 0 spiro atoms. The standard InChI is InChI=1S/C17H26N2O4/c1-17(2,3)23-16(20)19-12-7-8-14(21-4)15(10-12)22-13-6-5-9-18-11-13/h7-8,10,13,18H,5-6,9,11H2,1-4H3,(H,19,20). The Labute approximate surface area is 137 Å². The van der Waals surface area contributed by atoms with Crippen LogP contribution in [0.3, 0.4) is 0 Å². The van der Waals surface area contributed by atoms with Crippen molar-refractivity contribution in [1.29, 1.82) is 0 Å². The van der Waals surface area contributed by atoms with Crippen LogP contribution in [-0.2, 0) is 4.74 Å². The van der Waals surface area contributed by atoms with Crippen molar-refractivity contribution in [3.63, 3.8) is 0 Å². The van der Waals surface area contributed by atoms with E-state index in [0.717, 1.165) is 25.9 Å². The second-order valence-corrected chi connectivity index (χ2v) is 6.58. The number of hydrogen-bond donors (Lipinski definition) is 2. The summed E-state index contributed by atoms with van der Waals surface area (Å²) in [4.78, 5) is 11.9. The van der Waals surface area contributed by atoms with Crippen LogP contribution in [-0.4, -0.2) is 38.0 Å². The minimum absolute atomic E-state index is 0.106. The lowest BCUT2D eigenvalue weighted by Gasteiger charge is -2.25. The number of anilines is 1. The van der Waals surface area contributed by atoms with Gasteiger partial charge in [0.15, 0.2) is 11.5 Å². The molecule has 1 unspecified atom stereocenters. The number of benzene rings is 1. The Kier molecular flexibility index (Phi) is 5.71. The average molecular weight is 322 g/mol. The number of piperidine rings is 1. The van der Waals surface area contributed by atoms with E-state index in [9.17, 15) is 4.79 Å². The quantitative estimate of drug-likeness (QED) is 0.891. The number of carbonyl (C=O) groups excluding carboxylic acids is 1. The SMILES string of the molecule is COc1ccc(NC(=O)OC(C)(C)C)cc1OC1CCCNC1. The smallest absolute Gasteiger partial charge is 0.412 e. The molecular formula is C17H26N2O4. The summed E-state index contributed by atoms with van der Waals surface area (Å²) in [7, 11) is 1.60. The van der Waals surface area contributed by atoms with Crippen LogP contribution in [0, 0.1) is 0 Å². The molecule has 0 radical (unpaired) electrons. The van der Waals surface area contributed by atoms with Gasteiger partial charge in [0.2, 0.25) is 0 Å². The van der Waals surface area contributed by atoms with Gasteiger partial charge in [-0.3, -0.25) is 5.32 Å². The van der Waals surface area contributed by atoms with E-state index in [1.807, 2.05) is 20.8 Å². The Morgan fingerprint density at radius 2 is 2.09 bits per heavy atom. The van der Waals surface area contributed by atoms with Gasteiger partial charge < -0.3 is 19.5 Å². The van der Waals surface area contributed by atoms with Gasteiger partial charge in [0.1, 0.15) is 11.7 Å². The Bertz CT molecular complexity index is 534. The Morgan fingerprint density at radius 1 is 1.30 bits per heavy atom. The molecule has 0 bridgehead atoms. The van der Waals surface area contributed by atoms with Crippen LogP contribution < -0.4 is 20.1 Å². The number of methoxy groups -OCH3 is 1. The Hall–Kier alpha value is -1.95. The minimum atomic E-state index is -0.538. The first kappa shape index (κ1) is 17.4. The topological polar surface area (TPSA) is 68.8 Å². The molecule has 0 saturated carbocycles. The zero-order chi connectivity index (χ0) is 16.9. The minimum Gasteiger partial charge on any atom is -0.493 e. The summed E-state index contributed by atoms with van der Waals surface area (Å²) in [6.07, 6.45) is 1.70. The lowest BCUT2D eigenvalue weighted by atomic mass is 10.1. The second kappa shape index (κ2) is 7.55. The lowest BCUT2D eigenvalue weighted by Crippen LogP contribution is -2.37. The molecule has 1 aliphatic rings. The lowest BCUT2D eigenvalue weighted by molar-refractivity contribution is 0.0636. The largest absolute Gasteiger partial charge is 0.493 e. The summed E-state index contributed by atoms with van der Waals surface area (Å²) in [5, 5.41) is 6.02. The van der Waals surface area contributed by atoms with Crippen LogP contribution in [0.5, 0.6) is 11.5 Å². The van der Waals surface area contributed by atoms with Gasteiger partial charge in [-0.1, -0.05) is 0 Å². The molecule has 0 aromatic heterocycles. The van der Waals surface area contributed by atoms with Gasteiger partial charge >= 0.3 is 6.09 Å². The van der Waals surface area contributed by atoms with Gasteiger partial charge in [-0.25, -0.2) is 4.79 Å². The van der Waals surface area contributed by atoms with E-state index in [-0.39, 0.29) is 6.10 Å². The number of rotatable bonds is 4. The third-order valence-electron chi connectivity index (χ3n) is 3.35. The molecule has 23 heavy (non-hydrogen) atoms. The number of ether oxygens (including phenoxy) is 3. The first-order valence-corrected chi connectivity index (χ1v) is 7.93. The van der Waals surface area contributed by atoms with Gasteiger partial charge in [-0.15, -0.1) is 0 Å². The molecule has 1 aromatic carbocycles. The Balaban J connectivity index is 2.06. The molecule has 1 atom stereocenters. The average Bonchev–Trinajstić information content (AvgIpc) is 2.46. The molecule has 2 N–H and O–H groups in total. The van der Waals surface area contributed by atoms with E-state index in [2.05, 4.69) is 10.6 Å². The van der Waals surface area contributed by atoms with Crippen molar-refractivity contribution in [3.8, 4) is 11.5 Å². The third kappa shape index (κ3) is 5.63. The zero-order valence-corrected chi connectivity index (χ0v) is 14.3. The van der Waals surface area contributed by atoms with Gasteiger partial charge in [0.25, 0.3) is 0 Å². The van der Waals surface area contributed by atoms with Crippen LogP contribution in [0.1, 0.15) is 33.6 Å². The molecule has 2 rings (SSSR count). The van der Waals surface area contributed by atoms with Crippen LogP contribution in [0.25, 0.3) is 0 Å². The second-order valence-electron chi connectivity index (χ2n) is 6.58. The van der Waals surface area contributed by atoms with Crippen LogP contribution in [0.15, 0.2) is 18.2 Å². The highest BCUT2D eigenvalue weighted by atomic mass is 16.6. The van der Waals surface area contributed by atoms with Crippen molar-refractivity contribution < 1.29 is 19.0 Å². The summed E-state index contributed by atoms with van der Waals surface area (Å²) in [5.41, 5.74) is 0.0720. The Morgan fingerprint density at radius 3 is 2.70 bits per heavy atom. The highest BCUT2D eigenvalue weighted by Gasteiger charge is 2.19. The van der Waals surface area contributed by atoms with Gasteiger partial charge in [-0.2, -0.15) is 0 Å². The first-order chi connectivity index (χ1) is 10.9. The van der Waals surface area contributed by atoms with Crippen LogP contribution in [0.2, 0.25) is 0 Å². The number of nitrogens with one attached hydrogen (secondary N) is 2. The zero-order valence-electron chi connectivity index (χ0n) is 14.3. The molecule has 1 aromatic rings. The maximum atomic E-state index is 11.9. The fraction of sp³-hybridized carbons (Fsp3) is 0.588. The molecule has 1 fully saturated rings. The predicted octanol–water partition coefficient (Wildman–Crippen LogP) is 3.17. The fourth-order valence-electron chi connectivity index (χ4n) is 2.37. The summed E-state index contributed by atoms with van der Waals surface area (Å²) in [6, 6.07) is 5.30. The number of carbonyl (C=O) groups is 1.